The molecule has 2 heterocycles. The van der Waals surface area contributed by atoms with Gasteiger partial charge in [0.2, 0.25) is 0 Å². The molecule has 0 bridgehead atoms. The topological polar surface area (TPSA) is 95.7 Å². The van der Waals surface area contributed by atoms with Crippen LogP contribution in [0.4, 0.5) is 0 Å². The summed E-state index contributed by atoms with van der Waals surface area (Å²) in [5.41, 5.74) is 3.79. The van der Waals surface area contributed by atoms with E-state index < -0.39 is 6.10 Å². The fourth-order valence-electron chi connectivity index (χ4n) is 4.31. The van der Waals surface area contributed by atoms with Crippen LogP contribution in [-0.2, 0) is 6.42 Å². The van der Waals surface area contributed by atoms with Crippen molar-refractivity contribution in [2.75, 3.05) is 6.54 Å². The smallest absolute Gasteiger partial charge is 0.272 e. The number of nitrogens with zero attached hydrogens (tertiary/aromatic N) is 2. The molecule has 3 N–H and O–H groups in total. The molecule has 3 aromatic rings. The van der Waals surface area contributed by atoms with Gasteiger partial charge in [-0.25, -0.2) is 4.52 Å². The van der Waals surface area contributed by atoms with Crippen molar-refractivity contribution >= 4 is 17.3 Å². The second kappa shape index (κ2) is 10.2. The van der Waals surface area contributed by atoms with Crippen molar-refractivity contribution < 1.29 is 14.7 Å². The van der Waals surface area contributed by atoms with Gasteiger partial charge in [-0.2, -0.15) is 5.10 Å². The van der Waals surface area contributed by atoms with Crippen LogP contribution >= 0.6 is 0 Å². The average molecular weight is 449 g/mol. The van der Waals surface area contributed by atoms with Crippen LogP contribution in [0.15, 0.2) is 48.7 Å². The van der Waals surface area contributed by atoms with Gasteiger partial charge in [-0.05, 0) is 66.6 Å². The highest BCUT2D eigenvalue weighted by Crippen LogP contribution is 2.21. The molecule has 33 heavy (non-hydrogen) atoms. The first-order valence-electron chi connectivity index (χ1n) is 11.7. The Labute approximate surface area is 194 Å². The average Bonchev–Trinajstić information content (AvgIpc) is 3.28. The molecular formula is C26H32N4O3. The Kier molecular flexibility index (Phi) is 7.08. The first-order valence-corrected chi connectivity index (χ1v) is 11.7. The highest BCUT2D eigenvalue weighted by molar-refractivity contribution is 5.94. The minimum atomic E-state index is -0.512. The van der Waals surface area contributed by atoms with Crippen molar-refractivity contribution in [3.8, 4) is 0 Å². The van der Waals surface area contributed by atoms with Gasteiger partial charge in [0.25, 0.3) is 11.8 Å². The first-order chi connectivity index (χ1) is 15.9. The highest BCUT2D eigenvalue weighted by Gasteiger charge is 2.25. The lowest BCUT2D eigenvalue weighted by Gasteiger charge is -2.28. The van der Waals surface area contributed by atoms with Crippen LogP contribution < -0.4 is 10.6 Å². The first kappa shape index (κ1) is 23.0. The number of carbonyl (C=O) groups is 2. The summed E-state index contributed by atoms with van der Waals surface area (Å²) < 4.78 is 1.71. The normalized spacial score (nSPS) is 18.4. The molecule has 1 aromatic carbocycles. The minimum absolute atomic E-state index is 0.0841. The number of benzene rings is 1. The summed E-state index contributed by atoms with van der Waals surface area (Å²) in [4.78, 5) is 25.4. The van der Waals surface area contributed by atoms with Crippen LogP contribution in [0.2, 0.25) is 0 Å². The lowest BCUT2D eigenvalue weighted by molar-refractivity contribution is 0.0712. The lowest BCUT2D eigenvalue weighted by atomic mass is 9.92. The van der Waals surface area contributed by atoms with Gasteiger partial charge in [-0.15, -0.1) is 0 Å². The van der Waals surface area contributed by atoms with Gasteiger partial charge in [0.15, 0.2) is 0 Å². The summed E-state index contributed by atoms with van der Waals surface area (Å²) in [5, 5.41) is 20.6. The van der Waals surface area contributed by atoms with Crippen LogP contribution in [0.1, 0.15) is 71.5 Å². The van der Waals surface area contributed by atoms with Gasteiger partial charge in [-0.3, -0.25) is 9.59 Å². The van der Waals surface area contributed by atoms with E-state index >= 15 is 0 Å². The largest absolute Gasteiger partial charge is 0.391 e. The Hall–Kier alpha value is -3.19. The molecule has 1 fully saturated rings. The zero-order valence-electron chi connectivity index (χ0n) is 19.3. The van der Waals surface area contributed by atoms with Crippen LogP contribution in [0.3, 0.4) is 0 Å². The van der Waals surface area contributed by atoms with Crippen LogP contribution in [0, 0.1) is 5.92 Å². The fraction of sp³-hybridized carbons (Fsp3) is 0.423. The Bertz CT molecular complexity index is 1140. The van der Waals surface area contributed by atoms with Crippen LogP contribution in [0.5, 0.6) is 0 Å². The molecule has 4 rings (SSSR count). The third-order valence-corrected chi connectivity index (χ3v) is 6.12. The van der Waals surface area contributed by atoms with E-state index in [-0.39, 0.29) is 17.9 Å². The maximum Gasteiger partial charge on any atom is 0.272 e. The van der Waals surface area contributed by atoms with Gasteiger partial charge < -0.3 is 15.7 Å². The Morgan fingerprint density at radius 2 is 1.94 bits per heavy atom. The third kappa shape index (κ3) is 5.60. The van der Waals surface area contributed by atoms with E-state index in [1.165, 1.54) is 0 Å². The number of hydrogen-bond donors (Lipinski definition) is 3. The molecular weight excluding hydrogens is 416 g/mol. The molecule has 7 heteroatoms. The van der Waals surface area contributed by atoms with E-state index in [2.05, 4.69) is 29.6 Å². The molecule has 2 atom stereocenters. The quantitative estimate of drug-likeness (QED) is 0.517. The minimum Gasteiger partial charge on any atom is -0.391 e. The van der Waals surface area contributed by atoms with E-state index in [1.807, 2.05) is 48.7 Å². The monoisotopic (exact) mass is 448 g/mol. The Morgan fingerprint density at radius 3 is 2.73 bits per heavy atom. The summed E-state index contributed by atoms with van der Waals surface area (Å²) in [6.07, 6.45) is 5.34. The predicted octanol–water partition coefficient (Wildman–Crippen LogP) is 3.34. The highest BCUT2D eigenvalue weighted by atomic mass is 16.3. The van der Waals surface area contributed by atoms with Crippen molar-refractivity contribution in [3.05, 3.63) is 71.0 Å². The fourth-order valence-corrected chi connectivity index (χ4v) is 4.31. The van der Waals surface area contributed by atoms with Crippen molar-refractivity contribution in [1.29, 1.82) is 0 Å². The Balaban J connectivity index is 1.56. The summed E-state index contributed by atoms with van der Waals surface area (Å²) in [6.45, 7) is 4.75. The molecule has 0 saturated heterocycles. The van der Waals surface area contributed by atoms with Crippen molar-refractivity contribution in [2.24, 2.45) is 5.92 Å². The molecule has 0 unspecified atom stereocenters. The van der Waals surface area contributed by atoms with Gasteiger partial charge >= 0.3 is 0 Å². The standard InChI is InChI=1S/C26H32N4O3/c1-17(2)16-27-25(32)19-8-5-7-18(13-19)14-20-15-22(29-30-12-6-10-23(20)30)26(33)28-21-9-3-4-11-24(21)31/h5-8,10,12-13,15,17,21,24,31H,3-4,9,11,14,16H2,1-2H3,(H,27,32)(H,28,33)/t21-,24-/m0/s1. The zero-order valence-corrected chi connectivity index (χ0v) is 19.3. The second-order valence-electron chi connectivity index (χ2n) is 9.31. The molecule has 1 saturated carbocycles. The maximum atomic E-state index is 12.9. The maximum absolute atomic E-state index is 12.9. The number of hydrogen-bond acceptors (Lipinski definition) is 4. The van der Waals surface area contributed by atoms with Crippen LogP contribution in [-0.4, -0.2) is 45.2 Å². The number of carbonyl (C=O) groups excluding carboxylic acids is 2. The molecule has 0 radical (unpaired) electrons. The van der Waals surface area contributed by atoms with E-state index in [1.54, 1.807) is 4.52 Å². The molecule has 0 spiro atoms. The number of aromatic nitrogens is 2. The van der Waals surface area contributed by atoms with Crippen molar-refractivity contribution in [3.63, 3.8) is 0 Å². The Morgan fingerprint density at radius 1 is 1.12 bits per heavy atom. The molecule has 1 aliphatic rings. The SMILES string of the molecule is CC(C)CNC(=O)c1cccc(Cc2cc(C(=O)N[C@H]3CCCC[C@@H]3O)nn3cccc23)c1. The molecule has 2 amide bonds. The summed E-state index contributed by atoms with van der Waals surface area (Å²) in [5.74, 6) is 0.0229. The van der Waals surface area contributed by atoms with Crippen molar-refractivity contribution in [1.82, 2.24) is 20.2 Å². The molecule has 7 nitrogen and oxygen atoms in total. The van der Waals surface area contributed by atoms with Gasteiger partial charge in [0.05, 0.1) is 17.7 Å². The molecule has 174 valence electrons. The number of amides is 2. The third-order valence-electron chi connectivity index (χ3n) is 6.12. The lowest BCUT2D eigenvalue weighted by Crippen LogP contribution is -2.45. The van der Waals surface area contributed by atoms with E-state index in [0.717, 1.165) is 35.9 Å². The van der Waals surface area contributed by atoms with Crippen molar-refractivity contribution in [2.45, 2.75) is 58.1 Å². The summed E-state index contributed by atoms with van der Waals surface area (Å²) in [7, 11) is 0. The van der Waals surface area contributed by atoms with Crippen LogP contribution in [0.25, 0.3) is 5.52 Å². The van der Waals surface area contributed by atoms with Gasteiger partial charge in [0.1, 0.15) is 5.69 Å². The van der Waals surface area contributed by atoms with Gasteiger partial charge in [-0.1, -0.05) is 38.8 Å². The molecule has 2 aromatic heterocycles. The number of nitrogens with one attached hydrogen (secondary N) is 2. The molecule has 1 aliphatic carbocycles. The van der Waals surface area contributed by atoms with E-state index in [9.17, 15) is 14.7 Å². The number of rotatable bonds is 7. The second-order valence-corrected chi connectivity index (χ2v) is 9.31. The van der Waals surface area contributed by atoms with E-state index in [4.69, 9.17) is 0 Å². The van der Waals surface area contributed by atoms with E-state index in [0.29, 0.717) is 36.6 Å². The summed E-state index contributed by atoms with van der Waals surface area (Å²) in [6, 6.07) is 13.0. The van der Waals surface area contributed by atoms with Gasteiger partial charge in [0, 0.05) is 18.3 Å². The zero-order chi connectivity index (χ0) is 23.4. The predicted molar refractivity (Wildman–Crippen MR) is 127 cm³/mol. The summed E-state index contributed by atoms with van der Waals surface area (Å²) >= 11 is 0. The number of fused-ring (bicyclic) bond motifs is 1. The number of aliphatic hydroxyl groups is 1. The molecule has 0 aliphatic heterocycles. The number of aliphatic hydroxyl groups excluding tert-OH is 1.